The number of rotatable bonds is 0. The summed E-state index contributed by atoms with van der Waals surface area (Å²) in [6, 6.07) is 3.77. The molecule has 0 saturated carbocycles. The Balaban J connectivity index is 3.19. The topological polar surface area (TPSA) is 34.1 Å². The van der Waals surface area contributed by atoms with Gasteiger partial charge in [-0.25, -0.2) is 12.8 Å². The van der Waals surface area contributed by atoms with E-state index in [1.54, 1.807) is 0 Å². The van der Waals surface area contributed by atoms with E-state index in [1.807, 2.05) is 5.25 Å². The molecule has 0 unspecified atom stereocenters. The van der Waals surface area contributed by atoms with Crippen molar-refractivity contribution in [3.63, 3.8) is 0 Å². The van der Waals surface area contributed by atoms with Gasteiger partial charge in [-0.2, -0.15) is 0 Å². The van der Waals surface area contributed by atoms with E-state index in [0.717, 1.165) is 12.3 Å². The molecule has 0 bridgehead atoms. The van der Waals surface area contributed by atoms with Gasteiger partial charge in [0.1, 0.15) is 5.82 Å². The van der Waals surface area contributed by atoms with Crippen LogP contribution in [0.3, 0.4) is 0 Å². The molecule has 1 aromatic carbocycles. The van der Waals surface area contributed by atoms with Crippen LogP contribution in [-0.4, -0.2) is 14.7 Å². The van der Waals surface area contributed by atoms with Crippen LogP contribution in [0.5, 0.6) is 0 Å². The first-order chi connectivity index (χ1) is 6.38. The van der Waals surface area contributed by atoms with Gasteiger partial charge in [0.2, 0.25) is 9.84 Å². The Morgan fingerprint density at radius 2 is 2.07 bits per heavy atom. The molecule has 5 heteroatoms. The van der Waals surface area contributed by atoms with Crippen LogP contribution in [-0.2, 0) is 9.84 Å². The fourth-order valence-corrected chi connectivity index (χ4v) is 1.21. The Labute approximate surface area is 86.6 Å². The highest BCUT2D eigenvalue weighted by molar-refractivity contribution is 7.95. The molecule has 0 aliphatic heterocycles. The number of hydrogen-bond donors (Lipinski definition) is 0. The van der Waals surface area contributed by atoms with E-state index >= 15 is 0 Å². The van der Waals surface area contributed by atoms with Crippen molar-refractivity contribution in [2.45, 2.75) is 0 Å². The van der Waals surface area contributed by atoms with Crippen molar-refractivity contribution in [2.75, 3.05) is 6.26 Å². The lowest BCUT2D eigenvalue weighted by molar-refractivity contribution is 0.611. The summed E-state index contributed by atoms with van der Waals surface area (Å²) >= 11 is 5.58. The molecule has 0 spiro atoms. The average Bonchev–Trinajstić information content (AvgIpc) is 2.05. The Morgan fingerprint density at radius 1 is 1.43 bits per heavy atom. The van der Waals surface area contributed by atoms with Crippen LogP contribution < -0.4 is 0 Å². The largest absolute Gasteiger partial charge is 0.216 e. The lowest BCUT2D eigenvalue weighted by atomic mass is 10.2. The van der Waals surface area contributed by atoms with Crippen LogP contribution in [0.25, 0.3) is 0 Å². The zero-order valence-electron chi connectivity index (χ0n) is 7.21. The second kappa shape index (κ2) is 3.99. The second-order valence-corrected chi connectivity index (χ2v) is 4.81. The summed E-state index contributed by atoms with van der Waals surface area (Å²) < 4.78 is 34.3. The molecule has 0 radical (unpaired) electrons. The summed E-state index contributed by atoms with van der Waals surface area (Å²) in [5.41, 5.74) is -0.0251. The van der Waals surface area contributed by atoms with Gasteiger partial charge in [0.15, 0.2) is 0 Å². The van der Waals surface area contributed by atoms with Gasteiger partial charge in [0, 0.05) is 10.3 Å². The lowest BCUT2D eigenvalue weighted by Crippen LogP contribution is -1.90. The molecular weight excluding hydrogens is 227 g/mol. The van der Waals surface area contributed by atoms with Gasteiger partial charge < -0.3 is 0 Å². The molecule has 0 heterocycles. The standard InChI is InChI=1S/C9H6ClFO2S/c1-14(12,13)5-4-7-6-8(10)2-3-9(7)11/h2-3,6H,1H3. The van der Waals surface area contributed by atoms with Gasteiger partial charge >= 0.3 is 0 Å². The minimum atomic E-state index is -3.42. The number of benzene rings is 1. The zero-order chi connectivity index (χ0) is 10.8. The van der Waals surface area contributed by atoms with Gasteiger partial charge in [0.05, 0.1) is 11.8 Å². The Hall–Kier alpha value is -1.05. The highest BCUT2D eigenvalue weighted by atomic mass is 35.5. The van der Waals surface area contributed by atoms with E-state index in [-0.39, 0.29) is 5.56 Å². The number of halogens is 2. The highest BCUT2D eigenvalue weighted by Gasteiger charge is 2.00. The van der Waals surface area contributed by atoms with Crippen molar-refractivity contribution in [3.8, 4) is 11.2 Å². The van der Waals surface area contributed by atoms with Crippen molar-refractivity contribution < 1.29 is 12.8 Å². The molecule has 0 amide bonds. The van der Waals surface area contributed by atoms with Gasteiger partial charge in [-0.3, -0.25) is 0 Å². The minimum Gasteiger partial charge on any atom is -0.216 e. The maximum absolute atomic E-state index is 13.0. The molecule has 0 saturated heterocycles. The molecule has 2 nitrogen and oxygen atoms in total. The summed E-state index contributed by atoms with van der Waals surface area (Å²) in [5.74, 6) is 1.60. The van der Waals surface area contributed by atoms with Crippen LogP contribution in [0.1, 0.15) is 5.56 Å². The Kier molecular flexibility index (Phi) is 3.14. The van der Waals surface area contributed by atoms with Crippen LogP contribution >= 0.6 is 11.6 Å². The molecular formula is C9H6ClFO2S. The Bertz CT molecular complexity index is 511. The van der Waals surface area contributed by atoms with Gasteiger partial charge in [-0.1, -0.05) is 11.6 Å². The molecule has 0 aliphatic carbocycles. The van der Waals surface area contributed by atoms with E-state index in [2.05, 4.69) is 5.92 Å². The first kappa shape index (κ1) is 11.0. The monoisotopic (exact) mass is 232 g/mol. The van der Waals surface area contributed by atoms with E-state index in [0.29, 0.717) is 5.02 Å². The molecule has 1 rings (SSSR count). The van der Waals surface area contributed by atoms with E-state index in [9.17, 15) is 12.8 Å². The molecule has 14 heavy (non-hydrogen) atoms. The van der Waals surface area contributed by atoms with Crippen molar-refractivity contribution in [1.29, 1.82) is 0 Å². The molecule has 0 aromatic heterocycles. The maximum Gasteiger partial charge on any atom is 0.214 e. The molecule has 0 atom stereocenters. The predicted octanol–water partition coefficient (Wildman–Crippen LogP) is 1.83. The minimum absolute atomic E-state index is 0.0251. The first-order valence-electron chi connectivity index (χ1n) is 3.56. The smallest absolute Gasteiger partial charge is 0.214 e. The quantitative estimate of drug-likeness (QED) is 0.640. The first-order valence-corrected chi connectivity index (χ1v) is 5.83. The second-order valence-electron chi connectivity index (χ2n) is 2.62. The molecule has 0 fully saturated rings. The van der Waals surface area contributed by atoms with E-state index in [4.69, 9.17) is 11.6 Å². The average molecular weight is 233 g/mol. The molecule has 1 aromatic rings. The highest BCUT2D eigenvalue weighted by Crippen LogP contribution is 2.13. The number of hydrogen-bond acceptors (Lipinski definition) is 2. The van der Waals surface area contributed by atoms with Crippen LogP contribution in [0, 0.1) is 17.0 Å². The van der Waals surface area contributed by atoms with E-state index < -0.39 is 15.7 Å². The summed E-state index contributed by atoms with van der Waals surface area (Å²) in [6.07, 6.45) is 0.947. The van der Waals surface area contributed by atoms with Crippen LogP contribution in [0.15, 0.2) is 18.2 Å². The van der Waals surface area contributed by atoms with E-state index in [1.165, 1.54) is 12.1 Å². The molecule has 0 aliphatic rings. The Morgan fingerprint density at radius 3 is 2.64 bits per heavy atom. The normalized spacial score (nSPS) is 10.5. The third kappa shape index (κ3) is 3.36. The lowest BCUT2D eigenvalue weighted by Gasteiger charge is -1.93. The van der Waals surface area contributed by atoms with Crippen molar-refractivity contribution >= 4 is 21.4 Å². The van der Waals surface area contributed by atoms with Crippen molar-refractivity contribution in [1.82, 2.24) is 0 Å². The van der Waals surface area contributed by atoms with Crippen LogP contribution in [0.2, 0.25) is 5.02 Å². The maximum atomic E-state index is 13.0. The van der Waals surface area contributed by atoms with Gasteiger partial charge in [-0.05, 0) is 24.1 Å². The summed E-state index contributed by atoms with van der Waals surface area (Å²) in [7, 11) is -3.42. The summed E-state index contributed by atoms with van der Waals surface area (Å²) in [4.78, 5) is 0. The zero-order valence-corrected chi connectivity index (χ0v) is 8.79. The summed E-state index contributed by atoms with van der Waals surface area (Å²) in [6.45, 7) is 0. The molecule has 74 valence electrons. The van der Waals surface area contributed by atoms with Crippen molar-refractivity contribution in [3.05, 3.63) is 34.6 Å². The molecule has 0 N–H and O–H groups in total. The van der Waals surface area contributed by atoms with Gasteiger partial charge in [-0.15, -0.1) is 0 Å². The summed E-state index contributed by atoms with van der Waals surface area (Å²) in [5, 5.41) is 2.24. The predicted molar refractivity (Wildman–Crippen MR) is 53.1 cm³/mol. The number of sulfone groups is 1. The fraction of sp³-hybridized carbons (Fsp3) is 0.111. The SMILES string of the molecule is CS(=O)(=O)C#Cc1cc(Cl)ccc1F. The van der Waals surface area contributed by atoms with Gasteiger partial charge in [0.25, 0.3) is 0 Å². The third-order valence-electron chi connectivity index (χ3n) is 1.30. The third-order valence-corrected chi connectivity index (χ3v) is 2.01. The van der Waals surface area contributed by atoms with Crippen molar-refractivity contribution in [2.24, 2.45) is 0 Å². The fourth-order valence-electron chi connectivity index (χ4n) is 0.741. The van der Waals surface area contributed by atoms with Crippen LogP contribution in [0.4, 0.5) is 4.39 Å².